The van der Waals surface area contributed by atoms with Crippen molar-refractivity contribution in [1.82, 2.24) is 14.6 Å². The molecule has 1 aromatic carbocycles. The number of hydrogen-bond acceptors (Lipinski definition) is 11. The van der Waals surface area contributed by atoms with Crippen LogP contribution in [0.1, 0.15) is 148 Å². The maximum atomic E-state index is 13.1. The summed E-state index contributed by atoms with van der Waals surface area (Å²) < 4.78 is 49.5. The van der Waals surface area contributed by atoms with Crippen LogP contribution in [0.3, 0.4) is 0 Å². The van der Waals surface area contributed by atoms with E-state index in [4.69, 9.17) is 33.7 Å². The number of hydrogen-bond donors (Lipinski definition) is 2. The second-order valence-electron chi connectivity index (χ2n) is 15.5. The van der Waals surface area contributed by atoms with Crippen LogP contribution in [0.4, 0.5) is 5.82 Å². The minimum absolute atomic E-state index is 0.119. The molecule has 2 heterocycles. The number of nitriles is 1. The number of methoxy groups -OCH3 is 1. The Hall–Kier alpha value is -3.24. The first-order valence-corrected chi connectivity index (χ1v) is 22.7. The molecule has 0 fully saturated rings. The molecule has 0 saturated carbocycles. The molecule has 0 bridgehead atoms. The van der Waals surface area contributed by atoms with Crippen LogP contribution in [0.15, 0.2) is 36.7 Å². The smallest absolute Gasteiger partial charge is 0.472 e. The minimum atomic E-state index is -4.54. The largest absolute Gasteiger partial charge is 0.489 e. The van der Waals surface area contributed by atoms with Gasteiger partial charge in [0, 0.05) is 25.5 Å². The lowest BCUT2D eigenvalue weighted by Crippen LogP contribution is -2.34. The van der Waals surface area contributed by atoms with Crippen molar-refractivity contribution in [2.75, 3.05) is 39.3 Å². The topological polar surface area (TPSA) is 173 Å². The number of nitrogens with two attached hydrogens (primary N) is 1. The number of benzene rings is 1. The number of nitrogen functional groups attached to an aromatic ring is 1. The Balaban J connectivity index is 1.44. The molecule has 0 aliphatic heterocycles. The van der Waals surface area contributed by atoms with E-state index in [9.17, 15) is 14.7 Å². The number of ether oxygens (including phenoxy) is 4. The minimum Gasteiger partial charge on any atom is -0.489 e. The average Bonchev–Trinajstić information content (AvgIpc) is 3.62. The number of aromatic nitrogens is 3. The Morgan fingerprint density at radius 3 is 2.12 bits per heavy atom. The van der Waals surface area contributed by atoms with E-state index in [-0.39, 0.29) is 25.9 Å². The lowest BCUT2D eigenvalue weighted by atomic mass is 10.00. The molecule has 1 unspecified atom stereocenters. The second kappa shape index (κ2) is 26.7. The van der Waals surface area contributed by atoms with E-state index in [1.807, 2.05) is 26.0 Å². The maximum Gasteiger partial charge on any atom is 0.472 e. The molecule has 3 atom stereocenters. The molecule has 320 valence electrons. The fourth-order valence-electron chi connectivity index (χ4n) is 6.55. The van der Waals surface area contributed by atoms with Gasteiger partial charge in [0.25, 0.3) is 0 Å². The highest BCUT2D eigenvalue weighted by Crippen LogP contribution is 2.45. The molecule has 3 rings (SSSR count). The number of nitrogens with zero attached hydrogens (tertiary/aromatic N) is 4. The number of aryl methyl sites for hydroxylation is 1. The van der Waals surface area contributed by atoms with E-state index < -0.39 is 19.5 Å². The standard InChI is InChI=1S/C43H70N5O8P/c1-6-7-8-9-10-11-12-13-14-15-16-17-18-19-20-21-28-52-31-39(56-38-24-22-36(30-44)41(29-38)55-35(2)3)32-53-57(49,50)54-33-43(4,51-5)27-26-37-23-25-40-42(45)46-34-47-48(37)40/h22-25,29,34-35,39H,6-21,26-28,31-33H2,1-5H3,(H,49,50)(H2,45,46,47)/t39-,43+/m1/s1. The van der Waals surface area contributed by atoms with Crippen LogP contribution in [-0.2, 0) is 29.5 Å². The lowest BCUT2D eigenvalue weighted by Gasteiger charge is -2.29. The van der Waals surface area contributed by atoms with Gasteiger partial charge in [0.05, 0.1) is 37.1 Å². The fourth-order valence-corrected chi connectivity index (χ4v) is 7.42. The number of phosphoric ester groups is 1. The summed E-state index contributed by atoms with van der Waals surface area (Å²) in [5.41, 5.74) is 7.02. The molecule has 3 N–H and O–H groups in total. The van der Waals surface area contributed by atoms with E-state index in [1.165, 1.54) is 103 Å². The van der Waals surface area contributed by atoms with Gasteiger partial charge in [-0.3, -0.25) is 9.05 Å². The number of anilines is 1. The second-order valence-corrected chi connectivity index (χ2v) is 17.0. The quantitative estimate of drug-likeness (QED) is 0.0441. The summed E-state index contributed by atoms with van der Waals surface area (Å²) in [5.74, 6) is 1.18. The van der Waals surface area contributed by atoms with Gasteiger partial charge in [-0.1, -0.05) is 103 Å². The van der Waals surface area contributed by atoms with Crippen molar-refractivity contribution < 1.29 is 37.5 Å². The summed E-state index contributed by atoms with van der Waals surface area (Å²) in [6.07, 6.45) is 22.2. The number of fused-ring (bicyclic) bond motifs is 1. The van der Waals surface area contributed by atoms with E-state index >= 15 is 0 Å². The van der Waals surface area contributed by atoms with Gasteiger partial charge in [-0.25, -0.2) is 14.1 Å². The van der Waals surface area contributed by atoms with Crippen molar-refractivity contribution in [3.05, 3.63) is 47.9 Å². The predicted molar refractivity (Wildman–Crippen MR) is 225 cm³/mol. The van der Waals surface area contributed by atoms with Gasteiger partial charge in [-0.2, -0.15) is 10.4 Å². The molecule has 0 aliphatic carbocycles. The van der Waals surface area contributed by atoms with Crippen LogP contribution in [-0.4, -0.2) is 70.8 Å². The molecule has 0 spiro atoms. The van der Waals surface area contributed by atoms with E-state index in [0.29, 0.717) is 47.8 Å². The molecule has 13 nitrogen and oxygen atoms in total. The van der Waals surface area contributed by atoms with Gasteiger partial charge in [0.15, 0.2) is 5.82 Å². The van der Waals surface area contributed by atoms with Crippen LogP contribution in [0, 0.1) is 11.3 Å². The van der Waals surface area contributed by atoms with E-state index in [0.717, 1.165) is 18.5 Å². The van der Waals surface area contributed by atoms with E-state index in [1.54, 1.807) is 29.6 Å². The monoisotopic (exact) mass is 815 g/mol. The van der Waals surface area contributed by atoms with Gasteiger partial charge in [-0.05, 0) is 64.3 Å². The normalized spacial score (nSPS) is 14.4. The first kappa shape index (κ1) is 48.1. The third-order valence-electron chi connectivity index (χ3n) is 10.1. The Morgan fingerprint density at radius 2 is 1.53 bits per heavy atom. The van der Waals surface area contributed by atoms with Crippen LogP contribution >= 0.6 is 7.82 Å². The summed E-state index contributed by atoms with van der Waals surface area (Å²) in [6.45, 7) is 7.98. The maximum absolute atomic E-state index is 13.1. The van der Waals surface area contributed by atoms with Crippen molar-refractivity contribution in [2.24, 2.45) is 0 Å². The van der Waals surface area contributed by atoms with Gasteiger partial charge in [-0.15, -0.1) is 0 Å². The van der Waals surface area contributed by atoms with Crippen molar-refractivity contribution in [2.45, 2.75) is 161 Å². The zero-order chi connectivity index (χ0) is 41.4. The molecular weight excluding hydrogens is 745 g/mol. The highest BCUT2D eigenvalue weighted by molar-refractivity contribution is 7.47. The first-order valence-electron chi connectivity index (χ1n) is 21.2. The zero-order valence-electron chi connectivity index (χ0n) is 35.3. The molecule has 2 aromatic heterocycles. The summed E-state index contributed by atoms with van der Waals surface area (Å²) in [4.78, 5) is 14.7. The zero-order valence-corrected chi connectivity index (χ0v) is 36.2. The van der Waals surface area contributed by atoms with Crippen LogP contribution in [0.2, 0.25) is 0 Å². The molecule has 3 aromatic rings. The van der Waals surface area contributed by atoms with Crippen molar-refractivity contribution >= 4 is 19.2 Å². The molecular formula is C43H70N5O8P. The summed E-state index contributed by atoms with van der Waals surface area (Å²) in [6, 6.07) is 10.8. The predicted octanol–water partition coefficient (Wildman–Crippen LogP) is 10.2. The summed E-state index contributed by atoms with van der Waals surface area (Å²) in [7, 11) is -3.01. The SMILES string of the molecule is CCCCCCCCCCCCCCCCCCOC[C@H](COP(=O)(O)OC[C@](C)(CCc1ccc2c(N)ncnn12)OC)Oc1ccc(C#N)c(OC(C)C)c1. The summed E-state index contributed by atoms with van der Waals surface area (Å²) >= 11 is 0. The molecule has 0 amide bonds. The number of rotatable bonds is 33. The van der Waals surface area contributed by atoms with Gasteiger partial charge < -0.3 is 29.6 Å². The number of unbranched alkanes of at least 4 members (excludes halogenated alkanes) is 15. The molecule has 14 heteroatoms. The third-order valence-corrected chi connectivity index (χ3v) is 11.0. The molecule has 0 aliphatic rings. The third kappa shape index (κ3) is 18.9. The van der Waals surface area contributed by atoms with Crippen molar-refractivity contribution in [3.63, 3.8) is 0 Å². The van der Waals surface area contributed by atoms with E-state index in [2.05, 4.69) is 23.1 Å². The first-order chi connectivity index (χ1) is 27.5. The summed E-state index contributed by atoms with van der Waals surface area (Å²) in [5, 5.41) is 13.8. The highest BCUT2D eigenvalue weighted by Gasteiger charge is 2.32. The molecule has 0 saturated heterocycles. The Bertz CT molecular complexity index is 1650. The Labute approximate surface area is 341 Å². The van der Waals surface area contributed by atoms with Crippen LogP contribution in [0.25, 0.3) is 5.52 Å². The number of phosphoric acid groups is 1. The van der Waals surface area contributed by atoms with Gasteiger partial charge >= 0.3 is 7.82 Å². The Kier molecular flexibility index (Phi) is 22.5. The highest BCUT2D eigenvalue weighted by atomic mass is 31.2. The van der Waals surface area contributed by atoms with Gasteiger partial charge in [0.1, 0.15) is 35.5 Å². The Morgan fingerprint density at radius 1 is 0.895 bits per heavy atom. The van der Waals surface area contributed by atoms with Crippen LogP contribution in [0.5, 0.6) is 11.5 Å². The molecule has 57 heavy (non-hydrogen) atoms. The fraction of sp³-hybridized carbons (Fsp3) is 0.698. The van der Waals surface area contributed by atoms with Crippen LogP contribution < -0.4 is 15.2 Å². The van der Waals surface area contributed by atoms with Crippen molar-refractivity contribution in [3.8, 4) is 17.6 Å². The average molecular weight is 816 g/mol. The van der Waals surface area contributed by atoms with Gasteiger partial charge in [0.2, 0.25) is 0 Å². The van der Waals surface area contributed by atoms with Crippen molar-refractivity contribution in [1.29, 1.82) is 5.26 Å². The lowest BCUT2D eigenvalue weighted by molar-refractivity contribution is -0.0471. The molecule has 0 radical (unpaired) electrons.